The summed E-state index contributed by atoms with van der Waals surface area (Å²) in [6.45, 7) is 1.02. The zero-order valence-corrected chi connectivity index (χ0v) is 16.2. The van der Waals surface area contributed by atoms with Crippen LogP contribution in [-0.4, -0.2) is 39.3 Å². The van der Waals surface area contributed by atoms with Gasteiger partial charge in [0.1, 0.15) is 5.82 Å². The second-order valence-electron chi connectivity index (χ2n) is 6.70. The van der Waals surface area contributed by atoms with Crippen LogP contribution in [0.5, 0.6) is 0 Å². The third-order valence-electron chi connectivity index (χ3n) is 4.62. The largest absolute Gasteiger partial charge is 0.471 e. The van der Waals surface area contributed by atoms with E-state index in [0.29, 0.717) is 18.7 Å². The predicted molar refractivity (Wildman–Crippen MR) is 101 cm³/mol. The maximum absolute atomic E-state index is 13.9. The highest BCUT2D eigenvalue weighted by Crippen LogP contribution is 2.33. The molecule has 2 aromatic carbocycles. The first-order valence-corrected chi connectivity index (χ1v) is 9.91. The van der Waals surface area contributed by atoms with Gasteiger partial charge >= 0.3 is 12.1 Å². The summed E-state index contributed by atoms with van der Waals surface area (Å²) in [6, 6.07) is 12.6. The summed E-state index contributed by atoms with van der Waals surface area (Å²) < 4.78 is 55.8. The van der Waals surface area contributed by atoms with Crippen LogP contribution in [0.2, 0.25) is 0 Å². The number of benzene rings is 2. The van der Waals surface area contributed by atoms with E-state index in [9.17, 15) is 22.4 Å². The Bertz CT molecular complexity index is 1050. The standard InChI is InChI=1S/C20H15F4N3O2S/c21-16-4-2-1-3-15(16)18(28)27-10-9-14(11-27)30-13-7-5-12(6-8-13)17-25-19(29-26-17)20(22,23)24/h1-8,14H,9-11H2. The van der Waals surface area contributed by atoms with Crippen molar-refractivity contribution in [2.75, 3.05) is 13.1 Å². The number of halogens is 4. The van der Waals surface area contributed by atoms with Gasteiger partial charge in [0.15, 0.2) is 0 Å². The summed E-state index contributed by atoms with van der Waals surface area (Å²) in [7, 11) is 0. The van der Waals surface area contributed by atoms with E-state index in [1.54, 1.807) is 47.0 Å². The van der Waals surface area contributed by atoms with E-state index in [-0.39, 0.29) is 22.5 Å². The molecule has 1 aliphatic heterocycles. The van der Waals surface area contributed by atoms with E-state index in [2.05, 4.69) is 14.7 Å². The molecule has 30 heavy (non-hydrogen) atoms. The number of hydrogen-bond donors (Lipinski definition) is 0. The van der Waals surface area contributed by atoms with Crippen LogP contribution in [0.1, 0.15) is 22.7 Å². The van der Waals surface area contributed by atoms with Gasteiger partial charge in [-0.2, -0.15) is 18.2 Å². The highest BCUT2D eigenvalue weighted by molar-refractivity contribution is 8.00. The second-order valence-corrected chi connectivity index (χ2v) is 8.08. The van der Waals surface area contributed by atoms with E-state index < -0.39 is 17.9 Å². The molecule has 0 radical (unpaired) electrons. The van der Waals surface area contributed by atoms with Crippen LogP contribution in [0.4, 0.5) is 17.6 Å². The summed E-state index contributed by atoms with van der Waals surface area (Å²) in [5.41, 5.74) is 0.465. The molecule has 0 saturated carbocycles. The Balaban J connectivity index is 1.38. The Morgan fingerprint density at radius 3 is 2.53 bits per heavy atom. The first-order chi connectivity index (χ1) is 14.3. The molecule has 0 aliphatic carbocycles. The molecule has 5 nitrogen and oxygen atoms in total. The van der Waals surface area contributed by atoms with Crippen LogP contribution in [0.15, 0.2) is 57.9 Å². The van der Waals surface area contributed by atoms with Gasteiger partial charge in [0.2, 0.25) is 5.82 Å². The van der Waals surface area contributed by atoms with Crippen molar-refractivity contribution in [3.8, 4) is 11.4 Å². The highest BCUT2D eigenvalue weighted by Gasteiger charge is 2.38. The summed E-state index contributed by atoms with van der Waals surface area (Å²) in [5, 5.41) is 3.50. The normalized spacial score (nSPS) is 16.8. The van der Waals surface area contributed by atoms with E-state index in [1.165, 1.54) is 18.2 Å². The first kappa shape index (κ1) is 20.4. The molecule has 156 valence electrons. The predicted octanol–water partition coefficient (Wildman–Crippen LogP) is 4.90. The van der Waals surface area contributed by atoms with E-state index in [1.807, 2.05) is 0 Å². The Morgan fingerprint density at radius 2 is 1.87 bits per heavy atom. The Kier molecular flexibility index (Phi) is 5.50. The van der Waals surface area contributed by atoms with Gasteiger partial charge < -0.3 is 9.42 Å². The van der Waals surface area contributed by atoms with Gasteiger partial charge in [-0.15, -0.1) is 11.8 Å². The number of nitrogens with zero attached hydrogens (tertiary/aromatic N) is 3. The van der Waals surface area contributed by atoms with Crippen molar-refractivity contribution in [2.24, 2.45) is 0 Å². The zero-order chi connectivity index (χ0) is 21.3. The maximum Gasteiger partial charge on any atom is 0.471 e. The van der Waals surface area contributed by atoms with Crippen LogP contribution in [-0.2, 0) is 6.18 Å². The number of hydrogen-bond acceptors (Lipinski definition) is 5. The molecule has 1 fully saturated rings. The van der Waals surface area contributed by atoms with Crippen molar-refractivity contribution < 1.29 is 26.9 Å². The average Bonchev–Trinajstić information content (AvgIpc) is 3.38. The lowest BCUT2D eigenvalue weighted by Crippen LogP contribution is -2.29. The van der Waals surface area contributed by atoms with Gasteiger partial charge in [-0.05, 0) is 42.8 Å². The number of rotatable bonds is 4. The maximum atomic E-state index is 13.9. The van der Waals surface area contributed by atoms with Gasteiger partial charge in [-0.1, -0.05) is 17.3 Å². The Hall–Kier alpha value is -2.88. The molecule has 1 atom stereocenters. The summed E-state index contributed by atoms with van der Waals surface area (Å²) in [5.74, 6) is -2.39. The molecule has 1 unspecified atom stereocenters. The fraction of sp³-hybridized carbons (Fsp3) is 0.250. The molecule has 2 heterocycles. The topological polar surface area (TPSA) is 59.2 Å². The van der Waals surface area contributed by atoms with E-state index in [0.717, 1.165) is 11.3 Å². The van der Waals surface area contributed by atoms with Crippen LogP contribution < -0.4 is 0 Å². The fourth-order valence-electron chi connectivity index (χ4n) is 3.14. The van der Waals surface area contributed by atoms with Gasteiger partial charge in [-0.3, -0.25) is 4.79 Å². The summed E-state index contributed by atoms with van der Waals surface area (Å²) in [6.07, 6.45) is -3.93. The number of thioether (sulfide) groups is 1. The first-order valence-electron chi connectivity index (χ1n) is 9.03. The van der Waals surface area contributed by atoms with Crippen molar-refractivity contribution in [2.45, 2.75) is 22.7 Å². The van der Waals surface area contributed by atoms with Crippen LogP contribution >= 0.6 is 11.8 Å². The number of alkyl halides is 3. The molecule has 1 amide bonds. The van der Waals surface area contributed by atoms with E-state index >= 15 is 0 Å². The van der Waals surface area contributed by atoms with E-state index in [4.69, 9.17) is 0 Å². The molecule has 1 saturated heterocycles. The number of amides is 1. The molecular formula is C20H15F4N3O2S. The second kappa shape index (κ2) is 8.10. The van der Waals surface area contributed by atoms with Crippen molar-refractivity contribution in [1.82, 2.24) is 15.0 Å². The molecule has 1 aromatic heterocycles. The lowest BCUT2D eigenvalue weighted by atomic mass is 10.2. The third kappa shape index (κ3) is 4.33. The molecule has 0 N–H and O–H groups in total. The van der Waals surface area contributed by atoms with Gasteiger partial charge in [0.05, 0.1) is 5.56 Å². The molecule has 0 spiro atoms. The molecule has 4 rings (SSSR count). The average molecular weight is 437 g/mol. The van der Waals surface area contributed by atoms with Crippen LogP contribution in [0.25, 0.3) is 11.4 Å². The van der Waals surface area contributed by atoms with Crippen molar-refractivity contribution in [3.05, 3.63) is 65.8 Å². The Morgan fingerprint density at radius 1 is 1.13 bits per heavy atom. The smallest absolute Gasteiger partial charge is 0.337 e. The molecule has 1 aliphatic rings. The molecule has 10 heteroatoms. The minimum Gasteiger partial charge on any atom is -0.337 e. The molecule has 0 bridgehead atoms. The zero-order valence-electron chi connectivity index (χ0n) is 15.4. The number of aromatic nitrogens is 2. The SMILES string of the molecule is O=C(c1ccccc1F)N1CCC(Sc2ccc(-c3noc(C(F)(F)F)n3)cc2)C1. The molecule has 3 aromatic rings. The van der Waals surface area contributed by atoms with Crippen molar-refractivity contribution in [3.63, 3.8) is 0 Å². The lowest BCUT2D eigenvalue weighted by Gasteiger charge is -2.17. The van der Waals surface area contributed by atoms with Crippen molar-refractivity contribution >= 4 is 17.7 Å². The van der Waals surface area contributed by atoms with Crippen LogP contribution in [0.3, 0.4) is 0 Å². The van der Waals surface area contributed by atoms with Gasteiger partial charge in [-0.25, -0.2) is 4.39 Å². The summed E-state index contributed by atoms with van der Waals surface area (Å²) >= 11 is 1.55. The monoisotopic (exact) mass is 437 g/mol. The quantitative estimate of drug-likeness (QED) is 0.544. The minimum atomic E-state index is -4.69. The highest BCUT2D eigenvalue weighted by atomic mass is 32.2. The van der Waals surface area contributed by atoms with Gasteiger partial charge in [0, 0.05) is 28.8 Å². The number of likely N-dealkylation sites (tertiary alicyclic amines) is 1. The molecular weight excluding hydrogens is 422 g/mol. The van der Waals surface area contributed by atoms with Gasteiger partial charge in [0.25, 0.3) is 5.91 Å². The Labute approximate surface area is 173 Å². The minimum absolute atomic E-state index is 0.0610. The number of carbonyl (C=O) groups is 1. The summed E-state index contributed by atoms with van der Waals surface area (Å²) in [4.78, 5) is 18.4. The van der Waals surface area contributed by atoms with Crippen LogP contribution in [0, 0.1) is 5.82 Å². The lowest BCUT2D eigenvalue weighted by molar-refractivity contribution is -0.159. The van der Waals surface area contributed by atoms with Crippen molar-refractivity contribution in [1.29, 1.82) is 0 Å². The third-order valence-corrected chi connectivity index (χ3v) is 5.88. The number of carbonyl (C=O) groups excluding carboxylic acids is 1. The fourth-order valence-corrected chi connectivity index (χ4v) is 4.30.